The Morgan fingerprint density at radius 1 is 0.968 bits per heavy atom. The number of nitrogens with one attached hydrogen (secondary N) is 1. The molecule has 0 aliphatic carbocycles. The molecule has 0 spiro atoms. The average Bonchev–Trinajstić information content (AvgIpc) is 2.79. The summed E-state index contributed by atoms with van der Waals surface area (Å²) in [5.74, 6) is 1.45. The van der Waals surface area contributed by atoms with Crippen LogP contribution in [0, 0.1) is 6.92 Å². The number of rotatable bonds is 9. The number of ether oxygens (including phenoxy) is 2. The maximum Gasteiger partial charge on any atom is 0.258 e. The molecule has 0 unspecified atom stereocenters. The van der Waals surface area contributed by atoms with Crippen molar-refractivity contribution in [3.05, 3.63) is 59.7 Å². The molecular formula is C25H32N2O4. The SMILES string of the molecule is CCOc1ccc(OCC(=O)NC2CCN(C(=O)CCc3ccc(C)cc3)CC2)cc1. The van der Waals surface area contributed by atoms with E-state index in [4.69, 9.17) is 9.47 Å². The maximum absolute atomic E-state index is 12.5. The summed E-state index contributed by atoms with van der Waals surface area (Å²) in [6, 6.07) is 15.6. The van der Waals surface area contributed by atoms with Crippen molar-refractivity contribution in [1.82, 2.24) is 10.2 Å². The quantitative estimate of drug-likeness (QED) is 0.669. The average molecular weight is 425 g/mol. The molecule has 0 radical (unpaired) electrons. The maximum atomic E-state index is 12.5. The molecule has 1 aliphatic heterocycles. The van der Waals surface area contributed by atoms with Gasteiger partial charge < -0.3 is 19.7 Å². The number of aryl methyl sites for hydroxylation is 2. The van der Waals surface area contributed by atoms with Gasteiger partial charge in [0.2, 0.25) is 5.91 Å². The van der Waals surface area contributed by atoms with E-state index in [1.54, 1.807) is 12.1 Å². The highest BCUT2D eigenvalue weighted by atomic mass is 16.5. The predicted octanol–water partition coefficient (Wildman–Crippen LogP) is 3.51. The normalized spacial score (nSPS) is 14.2. The van der Waals surface area contributed by atoms with Gasteiger partial charge in [0.1, 0.15) is 11.5 Å². The number of likely N-dealkylation sites (tertiary alicyclic amines) is 1. The smallest absolute Gasteiger partial charge is 0.258 e. The van der Waals surface area contributed by atoms with Gasteiger partial charge >= 0.3 is 0 Å². The second-order valence-corrected chi connectivity index (χ2v) is 7.90. The third kappa shape index (κ3) is 7.31. The molecule has 2 aromatic carbocycles. The summed E-state index contributed by atoms with van der Waals surface area (Å²) >= 11 is 0. The number of carbonyl (C=O) groups is 2. The molecular weight excluding hydrogens is 392 g/mol. The van der Waals surface area contributed by atoms with E-state index in [9.17, 15) is 9.59 Å². The summed E-state index contributed by atoms with van der Waals surface area (Å²) in [6.07, 6.45) is 2.82. The van der Waals surface area contributed by atoms with Crippen molar-refractivity contribution < 1.29 is 19.1 Å². The van der Waals surface area contributed by atoms with Gasteiger partial charge in [-0.05, 0) is 62.9 Å². The Labute approximate surface area is 184 Å². The van der Waals surface area contributed by atoms with E-state index in [0.717, 1.165) is 25.0 Å². The summed E-state index contributed by atoms with van der Waals surface area (Å²) in [4.78, 5) is 26.6. The van der Waals surface area contributed by atoms with E-state index in [1.165, 1.54) is 11.1 Å². The Morgan fingerprint density at radius 2 is 1.58 bits per heavy atom. The summed E-state index contributed by atoms with van der Waals surface area (Å²) in [5, 5.41) is 3.02. The first-order chi connectivity index (χ1) is 15.0. The molecule has 0 aromatic heterocycles. The molecule has 0 saturated carbocycles. The summed E-state index contributed by atoms with van der Waals surface area (Å²) in [5.41, 5.74) is 2.41. The minimum atomic E-state index is -0.141. The highest BCUT2D eigenvalue weighted by Crippen LogP contribution is 2.18. The van der Waals surface area contributed by atoms with Crippen molar-refractivity contribution in [2.75, 3.05) is 26.3 Å². The van der Waals surface area contributed by atoms with E-state index in [2.05, 4.69) is 36.5 Å². The van der Waals surface area contributed by atoms with Gasteiger partial charge in [-0.15, -0.1) is 0 Å². The standard InChI is InChI=1S/C25H32N2O4/c1-3-30-22-9-11-23(12-10-22)31-18-24(28)26-21-14-16-27(17-15-21)25(29)13-8-20-6-4-19(2)5-7-20/h4-7,9-12,21H,3,8,13-18H2,1-2H3,(H,26,28). The molecule has 0 atom stereocenters. The zero-order valence-corrected chi connectivity index (χ0v) is 18.4. The first-order valence-corrected chi connectivity index (χ1v) is 11.0. The van der Waals surface area contributed by atoms with Crippen molar-refractivity contribution in [2.24, 2.45) is 0 Å². The van der Waals surface area contributed by atoms with Crippen LogP contribution in [0.25, 0.3) is 0 Å². The fourth-order valence-electron chi connectivity index (χ4n) is 3.65. The fourth-order valence-corrected chi connectivity index (χ4v) is 3.65. The molecule has 1 fully saturated rings. The molecule has 6 nitrogen and oxygen atoms in total. The molecule has 1 N–H and O–H groups in total. The number of nitrogens with zero attached hydrogens (tertiary/aromatic N) is 1. The third-order valence-electron chi connectivity index (χ3n) is 5.47. The lowest BCUT2D eigenvalue weighted by Crippen LogP contribution is -2.47. The second kappa shape index (κ2) is 11.4. The third-order valence-corrected chi connectivity index (χ3v) is 5.47. The summed E-state index contributed by atoms with van der Waals surface area (Å²) in [6.45, 7) is 5.93. The van der Waals surface area contributed by atoms with Crippen LogP contribution in [-0.4, -0.2) is 49.1 Å². The number of carbonyl (C=O) groups excluding carboxylic acids is 2. The molecule has 1 heterocycles. The monoisotopic (exact) mass is 424 g/mol. The molecule has 31 heavy (non-hydrogen) atoms. The Bertz CT molecular complexity index is 841. The van der Waals surface area contributed by atoms with Crippen LogP contribution >= 0.6 is 0 Å². The number of hydrogen-bond acceptors (Lipinski definition) is 4. The highest BCUT2D eigenvalue weighted by molar-refractivity contribution is 5.78. The van der Waals surface area contributed by atoms with Gasteiger partial charge in [0, 0.05) is 25.6 Å². The number of benzene rings is 2. The molecule has 166 valence electrons. The number of hydrogen-bond donors (Lipinski definition) is 1. The van der Waals surface area contributed by atoms with Gasteiger partial charge in [0.25, 0.3) is 5.91 Å². The van der Waals surface area contributed by atoms with Crippen LogP contribution in [0.15, 0.2) is 48.5 Å². The van der Waals surface area contributed by atoms with E-state index in [0.29, 0.717) is 31.9 Å². The van der Waals surface area contributed by atoms with Gasteiger partial charge in [-0.1, -0.05) is 29.8 Å². The lowest BCUT2D eigenvalue weighted by Gasteiger charge is -2.32. The van der Waals surface area contributed by atoms with Gasteiger partial charge in [-0.25, -0.2) is 0 Å². The van der Waals surface area contributed by atoms with Crippen LogP contribution in [0.4, 0.5) is 0 Å². The fraction of sp³-hybridized carbons (Fsp3) is 0.440. The van der Waals surface area contributed by atoms with Crippen LogP contribution in [0.3, 0.4) is 0 Å². The zero-order valence-electron chi connectivity index (χ0n) is 18.4. The van der Waals surface area contributed by atoms with Gasteiger partial charge in [0.15, 0.2) is 6.61 Å². The first kappa shape index (κ1) is 22.7. The number of amides is 2. The molecule has 6 heteroatoms. The van der Waals surface area contributed by atoms with Crippen molar-refractivity contribution >= 4 is 11.8 Å². The lowest BCUT2D eigenvalue weighted by atomic mass is 10.0. The Hall–Kier alpha value is -3.02. The van der Waals surface area contributed by atoms with Crippen LogP contribution < -0.4 is 14.8 Å². The van der Waals surface area contributed by atoms with Crippen LogP contribution in [0.1, 0.15) is 37.3 Å². The lowest BCUT2D eigenvalue weighted by molar-refractivity contribution is -0.132. The Kier molecular flexibility index (Phi) is 8.33. The van der Waals surface area contributed by atoms with Crippen LogP contribution in [-0.2, 0) is 16.0 Å². The minimum Gasteiger partial charge on any atom is -0.494 e. The van der Waals surface area contributed by atoms with Gasteiger partial charge in [0.05, 0.1) is 6.61 Å². The van der Waals surface area contributed by atoms with E-state index in [-0.39, 0.29) is 24.5 Å². The van der Waals surface area contributed by atoms with Crippen LogP contribution in [0.5, 0.6) is 11.5 Å². The Balaban J connectivity index is 1.33. The van der Waals surface area contributed by atoms with Crippen LogP contribution in [0.2, 0.25) is 0 Å². The Morgan fingerprint density at radius 3 is 2.19 bits per heavy atom. The molecule has 0 bridgehead atoms. The zero-order chi connectivity index (χ0) is 22.1. The van der Waals surface area contributed by atoms with Crippen molar-refractivity contribution in [1.29, 1.82) is 0 Å². The van der Waals surface area contributed by atoms with Crippen molar-refractivity contribution in [2.45, 2.75) is 45.6 Å². The van der Waals surface area contributed by atoms with Crippen molar-refractivity contribution in [3.8, 4) is 11.5 Å². The topological polar surface area (TPSA) is 67.9 Å². The van der Waals surface area contributed by atoms with E-state index in [1.807, 2.05) is 24.0 Å². The summed E-state index contributed by atoms with van der Waals surface area (Å²) in [7, 11) is 0. The molecule has 2 amide bonds. The van der Waals surface area contributed by atoms with E-state index >= 15 is 0 Å². The minimum absolute atomic E-state index is 0.0241. The van der Waals surface area contributed by atoms with Gasteiger partial charge in [-0.2, -0.15) is 0 Å². The van der Waals surface area contributed by atoms with Gasteiger partial charge in [-0.3, -0.25) is 9.59 Å². The number of piperidine rings is 1. The first-order valence-electron chi connectivity index (χ1n) is 11.0. The molecule has 2 aromatic rings. The highest BCUT2D eigenvalue weighted by Gasteiger charge is 2.23. The molecule has 1 saturated heterocycles. The second-order valence-electron chi connectivity index (χ2n) is 7.90. The molecule has 3 rings (SSSR count). The van der Waals surface area contributed by atoms with Crippen molar-refractivity contribution in [3.63, 3.8) is 0 Å². The van der Waals surface area contributed by atoms with E-state index < -0.39 is 0 Å². The summed E-state index contributed by atoms with van der Waals surface area (Å²) < 4.78 is 10.9. The predicted molar refractivity (Wildman–Crippen MR) is 120 cm³/mol. The largest absolute Gasteiger partial charge is 0.494 e. The molecule has 1 aliphatic rings.